The van der Waals surface area contributed by atoms with Crippen LogP contribution in [-0.4, -0.2) is 10.6 Å². The van der Waals surface area contributed by atoms with Crippen molar-refractivity contribution >= 4 is 10.9 Å². The highest BCUT2D eigenvalue weighted by atomic mass is 16.1. The Morgan fingerprint density at radius 1 is 1.25 bits per heavy atom. The van der Waals surface area contributed by atoms with Crippen LogP contribution in [0.2, 0.25) is 0 Å². The van der Waals surface area contributed by atoms with Crippen LogP contribution in [0.1, 0.15) is 0 Å². The summed E-state index contributed by atoms with van der Waals surface area (Å²) in [5.74, 6) is 0. The fourth-order valence-corrected chi connectivity index (χ4v) is 1.06. The van der Waals surface area contributed by atoms with Gasteiger partial charge >= 0.3 is 0 Å². The van der Waals surface area contributed by atoms with Crippen LogP contribution in [0.3, 0.4) is 0 Å². The molecule has 0 bridgehead atoms. The van der Waals surface area contributed by atoms with Gasteiger partial charge in [0.15, 0.2) is 0 Å². The SMILES string of the molecule is O=c1c[nH+][nH]c2ccccc12.[OH-]. The molecular weight excluding hydrogens is 156 g/mol. The first-order chi connectivity index (χ1) is 5.38. The van der Waals surface area contributed by atoms with Crippen LogP contribution in [-0.2, 0) is 0 Å². The van der Waals surface area contributed by atoms with Crippen molar-refractivity contribution in [3.05, 3.63) is 40.7 Å². The predicted molar refractivity (Wildman–Crippen MR) is 43.1 cm³/mol. The molecule has 0 amide bonds. The summed E-state index contributed by atoms with van der Waals surface area (Å²) in [4.78, 5) is 11.1. The molecule has 0 aliphatic carbocycles. The minimum atomic E-state index is 0. The Balaban J connectivity index is 0.000000720. The average molecular weight is 164 g/mol. The molecule has 1 heterocycles. The number of aromatic nitrogens is 2. The minimum Gasteiger partial charge on any atom is -0.870 e. The molecular formula is C8H8N2O2. The molecule has 4 heteroatoms. The van der Waals surface area contributed by atoms with Crippen molar-refractivity contribution in [1.29, 1.82) is 0 Å². The molecule has 1 aromatic heterocycles. The van der Waals surface area contributed by atoms with E-state index in [9.17, 15) is 4.79 Å². The zero-order valence-electron chi connectivity index (χ0n) is 6.24. The molecule has 2 rings (SSSR count). The maximum atomic E-state index is 11.1. The fraction of sp³-hybridized carbons (Fsp3) is 0. The molecule has 0 aliphatic rings. The van der Waals surface area contributed by atoms with E-state index in [0.717, 1.165) is 5.52 Å². The van der Waals surface area contributed by atoms with Crippen molar-refractivity contribution in [2.45, 2.75) is 0 Å². The first kappa shape index (κ1) is 8.42. The monoisotopic (exact) mass is 164 g/mol. The molecule has 4 nitrogen and oxygen atoms in total. The van der Waals surface area contributed by atoms with Crippen LogP contribution >= 0.6 is 0 Å². The van der Waals surface area contributed by atoms with Gasteiger partial charge in [-0.15, -0.1) is 5.10 Å². The van der Waals surface area contributed by atoms with Crippen molar-refractivity contribution in [3.8, 4) is 0 Å². The van der Waals surface area contributed by atoms with Gasteiger partial charge in [0, 0.05) is 0 Å². The molecule has 12 heavy (non-hydrogen) atoms. The number of hydrogen-bond acceptors (Lipinski definition) is 2. The normalized spacial score (nSPS) is 9.33. The van der Waals surface area contributed by atoms with Crippen molar-refractivity contribution in [1.82, 2.24) is 5.10 Å². The fourth-order valence-electron chi connectivity index (χ4n) is 1.06. The zero-order chi connectivity index (χ0) is 7.68. The summed E-state index contributed by atoms with van der Waals surface area (Å²) >= 11 is 0. The van der Waals surface area contributed by atoms with E-state index in [-0.39, 0.29) is 10.9 Å². The zero-order valence-corrected chi connectivity index (χ0v) is 6.24. The maximum Gasteiger partial charge on any atom is 0.253 e. The summed E-state index contributed by atoms with van der Waals surface area (Å²) in [5, 5.41) is 6.25. The Morgan fingerprint density at radius 3 is 2.75 bits per heavy atom. The Kier molecular flexibility index (Phi) is 2.21. The molecule has 62 valence electrons. The molecule has 0 unspecified atom stereocenters. The van der Waals surface area contributed by atoms with Gasteiger partial charge < -0.3 is 5.48 Å². The third-order valence-electron chi connectivity index (χ3n) is 1.60. The number of nitrogens with one attached hydrogen (secondary N) is 2. The highest BCUT2D eigenvalue weighted by molar-refractivity contribution is 5.76. The molecule has 0 radical (unpaired) electrons. The van der Waals surface area contributed by atoms with Crippen molar-refractivity contribution in [2.24, 2.45) is 0 Å². The third-order valence-corrected chi connectivity index (χ3v) is 1.60. The topological polar surface area (TPSA) is 77.0 Å². The summed E-state index contributed by atoms with van der Waals surface area (Å²) in [6.07, 6.45) is 1.41. The van der Waals surface area contributed by atoms with E-state index in [4.69, 9.17) is 0 Å². The lowest BCUT2D eigenvalue weighted by atomic mass is 10.2. The van der Waals surface area contributed by atoms with E-state index < -0.39 is 0 Å². The predicted octanol–water partition coefficient (Wildman–Crippen LogP) is 0.165. The summed E-state index contributed by atoms with van der Waals surface area (Å²) < 4.78 is 0. The molecule has 2 aromatic rings. The number of fused-ring (bicyclic) bond motifs is 1. The molecule has 0 atom stereocenters. The second-order valence-corrected chi connectivity index (χ2v) is 2.32. The van der Waals surface area contributed by atoms with Gasteiger partial charge in [0.25, 0.3) is 5.43 Å². The molecule has 0 saturated heterocycles. The number of hydrogen-bond donors (Lipinski definition) is 1. The highest BCUT2D eigenvalue weighted by Crippen LogP contribution is 2.01. The van der Waals surface area contributed by atoms with Crippen molar-refractivity contribution < 1.29 is 10.6 Å². The summed E-state index contributed by atoms with van der Waals surface area (Å²) in [6, 6.07) is 7.37. The Labute approximate surface area is 68.2 Å². The third kappa shape index (κ3) is 1.19. The van der Waals surface area contributed by atoms with Gasteiger partial charge in [0.2, 0.25) is 6.20 Å². The van der Waals surface area contributed by atoms with E-state index in [1.165, 1.54) is 6.20 Å². The number of rotatable bonds is 0. The van der Waals surface area contributed by atoms with E-state index in [1.54, 1.807) is 6.07 Å². The minimum absolute atomic E-state index is 0. The van der Waals surface area contributed by atoms with Gasteiger partial charge in [-0.05, 0) is 12.1 Å². The highest BCUT2D eigenvalue weighted by Gasteiger charge is 1.97. The molecule has 3 N–H and O–H groups in total. The smallest absolute Gasteiger partial charge is 0.253 e. The van der Waals surface area contributed by atoms with E-state index in [1.807, 2.05) is 18.2 Å². The second-order valence-electron chi connectivity index (χ2n) is 2.32. The van der Waals surface area contributed by atoms with E-state index in [0.29, 0.717) is 5.39 Å². The van der Waals surface area contributed by atoms with Gasteiger partial charge in [-0.2, -0.15) is 5.10 Å². The van der Waals surface area contributed by atoms with Crippen LogP contribution < -0.4 is 10.5 Å². The lowest BCUT2D eigenvalue weighted by molar-refractivity contribution is -0.452. The molecule has 0 fully saturated rings. The largest absolute Gasteiger partial charge is 0.870 e. The number of para-hydroxylation sites is 1. The first-order valence-corrected chi connectivity index (χ1v) is 3.36. The second kappa shape index (κ2) is 3.15. The Bertz CT molecular complexity index is 431. The number of H-pyrrole nitrogens is 2. The van der Waals surface area contributed by atoms with Gasteiger partial charge in [-0.1, -0.05) is 12.1 Å². The Morgan fingerprint density at radius 2 is 2.00 bits per heavy atom. The van der Waals surface area contributed by atoms with Crippen molar-refractivity contribution in [3.63, 3.8) is 0 Å². The Hall–Kier alpha value is -1.68. The van der Waals surface area contributed by atoms with Crippen LogP contribution in [0, 0.1) is 0 Å². The first-order valence-electron chi connectivity index (χ1n) is 3.36. The van der Waals surface area contributed by atoms with Gasteiger partial charge in [0.05, 0.1) is 5.39 Å². The van der Waals surface area contributed by atoms with Gasteiger partial charge in [-0.3, -0.25) is 4.79 Å². The lowest BCUT2D eigenvalue weighted by Crippen LogP contribution is -2.16. The molecule has 0 aliphatic heterocycles. The van der Waals surface area contributed by atoms with Crippen LogP contribution in [0.4, 0.5) is 0 Å². The van der Waals surface area contributed by atoms with E-state index in [2.05, 4.69) is 10.2 Å². The molecule has 0 saturated carbocycles. The lowest BCUT2D eigenvalue weighted by Gasteiger charge is -1.88. The molecule has 1 aromatic carbocycles. The molecule has 0 spiro atoms. The van der Waals surface area contributed by atoms with Crippen LogP contribution in [0.25, 0.3) is 10.9 Å². The van der Waals surface area contributed by atoms with E-state index >= 15 is 0 Å². The van der Waals surface area contributed by atoms with Gasteiger partial charge in [-0.25, -0.2) is 0 Å². The summed E-state index contributed by atoms with van der Waals surface area (Å²) in [7, 11) is 0. The standard InChI is InChI=1S/C8H6N2O.H2O/c11-8-5-9-10-7-4-2-1-3-6(7)8;/h1-5H,(H,10,11);1H2. The average Bonchev–Trinajstić information content (AvgIpc) is 2.06. The number of benzene rings is 1. The van der Waals surface area contributed by atoms with Crippen LogP contribution in [0.5, 0.6) is 0 Å². The summed E-state index contributed by atoms with van der Waals surface area (Å²) in [6.45, 7) is 0. The maximum absolute atomic E-state index is 11.1. The van der Waals surface area contributed by atoms with Gasteiger partial charge in [0.1, 0.15) is 5.52 Å². The quantitative estimate of drug-likeness (QED) is 0.602. The number of aromatic amines is 2. The summed E-state index contributed by atoms with van der Waals surface area (Å²) in [5.41, 5.74) is 0.847. The van der Waals surface area contributed by atoms with Crippen molar-refractivity contribution in [2.75, 3.05) is 0 Å². The van der Waals surface area contributed by atoms with Crippen LogP contribution in [0.15, 0.2) is 35.3 Å².